The molecule has 164 valence electrons. The van der Waals surface area contributed by atoms with E-state index in [1.165, 1.54) is 17.7 Å². The van der Waals surface area contributed by atoms with Crippen molar-refractivity contribution in [3.63, 3.8) is 0 Å². The van der Waals surface area contributed by atoms with Crippen molar-refractivity contribution in [2.75, 3.05) is 41.0 Å². The summed E-state index contributed by atoms with van der Waals surface area (Å²) in [6, 6.07) is 14.9. The first-order chi connectivity index (χ1) is 14.1. The molecular weight excluding hydrogens is 496 g/mol. The lowest BCUT2D eigenvalue weighted by Crippen LogP contribution is -2.48. The fraction of sp³-hybridized carbons (Fsp3) is 0.435. The van der Waals surface area contributed by atoms with Crippen molar-refractivity contribution in [1.29, 1.82) is 0 Å². The van der Waals surface area contributed by atoms with Gasteiger partial charge in [0.1, 0.15) is 11.6 Å². The van der Waals surface area contributed by atoms with Crippen LogP contribution in [0.25, 0.3) is 0 Å². The third kappa shape index (κ3) is 6.07. The minimum absolute atomic E-state index is 0. The number of ether oxygens (including phenoxy) is 2. The van der Waals surface area contributed by atoms with Crippen molar-refractivity contribution in [3.05, 3.63) is 65.5 Å². The molecule has 0 amide bonds. The Labute approximate surface area is 195 Å². The summed E-state index contributed by atoms with van der Waals surface area (Å²) in [5, 5.41) is 3.54. The van der Waals surface area contributed by atoms with Crippen molar-refractivity contribution < 1.29 is 13.9 Å². The van der Waals surface area contributed by atoms with E-state index >= 15 is 0 Å². The smallest absolute Gasteiger partial charge is 0.193 e. The number of nitrogens with one attached hydrogen (secondary N) is 1. The number of rotatable bonds is 6. The molecule has 3 rings (SSSR count). The first-order valence-corrected chi connectivity index (χ1v) is 9.95. The maximum atomic E-state index is 13.4. The minimum atomic E-state index is -0.209. The van der Waals surface area contributed by atoms with Crippen LogP contribution in [0.1, 0.15) is 24.0 Å². The Morgan fingerprint density at radius 2 is 1.77 bits per heavy atom. The van der Waals surface area contributed by atoms with Gasteiger partial charge in [-0.2, -0.15) is 0 Å². The van der Waals surface area contributed by atoms with Gasteiger partial charge in [-0.15, -0.1) is 24.0 Å². The Balaban J connectivity index is 0.00000320. The van der Waals surface area contributed by atoms with Gasteiger partial charge >= 0.3 is 0 Å². The van der Waals surface area contributed by atoms with Crippen LogP contribution < -0.4 is 10.1 Å². The predicted molar refractivity (Wildman–Crippen MR) is 129 cm³/mol. The zero-order chi connectivity index (χ0) is 20.7. The van der Waals surface area contributed by atoms with Crippen LogP contribution in [0.4, 0.5) is 4.39 Å². The second-order valence-electron chi connectivity index (χ2n) is 7.50. The maximum absolute atomic E-state index is 13.4. The average Bonchev–Trinajstić information content (AvgIpc) is 2.76. The molecule has 7 heteroatoms. The summed E-state index contributed by atoms with van der Waals surface area (Å²) in [6.07, 6.45) is 1.79. The van der Waals surface area contributed by atoms with E-state index < -0.39 is 0 Å². The minimum Gasteiger partial charge on any atom is -0.497 e. The van der Waals surface area contributed by atoms with Crippen LogP contribution in [-0.4, -0.2) is 51.8 Å². The molecule has 1 aliphatic heterocycles. The molecule has 1 heterocycles. The second kappa shape index (κ2) is 11.5. The average molecular weight is 527 g/mol. The van der Waals surface area contributed by atoms with Gasteiger partial charge in [-0.05, 0) is 48.2 Å². The largest absolute Gasteiger partial charge is 0.497 e. The van der Waals surface area contributed by atoms with Crippen molar-refractivity contribution in [3.8, 4) is 5.75 Å². The van der Waals surface area contributed by atoms with Gasteiger partial charge in [0.2, 0.25) is 0 Å². The maximum Gasteiger partial charge on any atom is 0.193 e. The van der Waals surface area contributed by atoms with Crippen LogP contribution in [0.2, 0.25) is 0 Å². The fourth-order valence-electron chi connectivity index (χ4n) is 3.85. The quantitative estimate of drug-likeness (QED) is 0.348. The van der Waals surface area contributed by atoms with Crippen LogP contribution in [0.15, 0.2) is 53.5 Å². The SMILES string of the molecule is CN=C(NCC1(c2ccc(F)cc2)CCOCC1)N(C)Cc1ccc(OC)cc1.I. The Kier molecular flexibility index (Phi) is 9.36. The van der Waals surface area contributed by atoms with Crippen molar-refractivity contribution in [2.24, 2.45) is 4.99 Å². The normalized spacial score (nSPS) is 15.8. The molecule has 5 nitrogen and oxygen atoms in total. The van der Waals surface area contributed by atoms with Gasteiger partial charge in [0.25, 0.3) is 0 Å². The van der Waals surface area contributed by atoms with Gasteiger partial charge in [-0.25, -0.2) is 4.39 Å². The summed E-state index contributed by atoms with van der Waals surface area (Å²) in [7, 11) is 5.48. The van der Waals surface area contributed by atoms with E-state index in [0.29, 0.717) is 13.2 Å². The molecule has 1 aliphatic rings. The van der Waals surface area contributed by atoms with Gasteiger partial charge in [0.15, 0.2) is 5.96 Å². The Morgan fingerprint density at radius 3 is 2.33 bits per heavy atom. The van der Waals surface area contributed by atoms with Crippen LogP contribution in [0, 0.1) is 5.82 Å². The second-order valence-corrected chi connectivity index (χ2v) is 7.50. The molecule has 0 saturated carbocycles. The third-order valence-electron chi connectivity index (χ3n) is 5.64. The summed E-state index contributed by atoms with van der Waals surface area (Å²) >= 11 is 0. The number of aliphatic imine (C=N–C) groups is 1. The summed E-state index contributed by atoms with van der Waals surface area (Å²) < 4.78 is 24.3. The highest BCUT2D eigenvalue weighted by atomic mass is 127. The summed E-state index contributed by atoms with van der Waals surface area (Å²) in [6.45, 7) is 2.87. The topological polar surface area (TPSA) is 46.1 Å². The molecule has 2 aromatic rings. The van der Waals surface area contributed by atoms with Crippen LogP contribution >= 0.6 is 24.0 Å². The Morgan fingerprint density at radius 1 is 1.13 bits per heavy atom. The molecule has 0 aromatic heterocycles. The van der Waals surface area contributed by atoms with Gasteiger partial charge < -0.3 is 19.7 Å². The Hall–Kier alpha value is -1.87. The molecule has 0 spiro atoms. The van der Waals surface area contributed by atoms with Crippen molar-refractivity contribution in [2.45, 2.75) is 24.8 Å². The van der Waals surface area contributed by atoms with E-state index in [4.69, 9.17) is 9.47 Å². The molecule has 0 atom stereocenters. The highest BCUT2D eigenvalue weighted by Crippen LogP contribution is 2.34. The molecule has 0 radical (unpaired) electrons. The number of methoxy groups -OCH3 is 1. The molecule has 0 aliphatic carbocycles. The molecule has 0 bridgehead atoms. The van der Waals surface area contributed by atoms with Crippen LogP contribution in [0.3, 0.4) is 0 Å². The molecule has 1 saturated heterocycles. The first-order valence-electron chi connectivity index (χ1n) is 9.95. The zero-order valence-electron chi connectivity index (χ0n) is 17.9. The lowest BCUT2D eigenvalue weighted by molar-refractivity contribution is 0.0512. The van der Waals surface area contributed by atoms with E-state index in [2.05, 4.69) is 27.3 Å². The highest BCUT2D eigenvalue weighted by molar-refractivity contribution is 14.0. The zero-order valence-corrected chi connectivity index (χ0v) is 20.2. The van der Waals surface area contributed by atoms with E-state index in [-0.39, 0.29) is 35.2 Å². The Bertz CT molecular complexity index is 806. The van der Waals surface area contributed by atoms with E-state index in [1.807, 2.05) is 31.3 Å². The van der Waals surface area contributed by atoms with Gasteiger partial charge in [-0.1, -0.05) is 24.3 Å². The lowest BCUT2D eigenvalue weighted by atomic mass is 9.74. The van der Waals surface area contributed by atoms with Crippen LogP contribution in [0.5, 0.6) is 5.75 Å². The summed E-state index contributed by atoms with van der Waals surface area (Å²) in [5.74, 6) is 1.47. The monoisotopic (exact) mass is 527 g/mol. The number of halogens is 2. The van der Waals surface area contributed by atoms with Crippen molar-refractivity contribution >= 4 is 29.9 Å². The summed E-state index contributed by atoms with van der Waals surface area (Å²) in [5.41, 5.74) is 2.22. The standard InChI is InChI=1S/C23H30FN3O2.HI/c1-25-22(27(2)16-18-4-10-21(28-3)11-5-18)26-17-23(12-14-29-15-13-23)19-6-8-20(24)9-7-19;/h4-11H,12-17H2,1-3H3,(H,25,26);1H. The van der Waals surface area contributed by atoms with E-state index in [0.717, 1.165) is 43.2 Å². The molecule has 30 heavy (non-hydrogen) atoms. The number of benzene rings is 2. The first kappa shape index (κ1) is 24.4. The summed E-state index contributed by atoms with van der Waals surface area (Å²) in [4.78, 5) is 6.55. The predicted octanol–water partition coefficient (Wildman–Crippen LogP) is 4.21. The number of hydrogen-bond donors (Lipinski definition) is 1. The number of hydrogen-bond acceptors (Lipinski definition) is 3. The van der Waals surface area contributed by atoms with E-state index in [1.54, 1.807) is 14.2 Å². The lowest BCUT2D eigenvalue weighted by Gasteiger charge is -2.39. The molecule has 0 unspecified atom stereocenters. The molecule has 1 N–H and O–H groups in total. The number of nitrogens with zero attached hydrogens (tertiary/aromatic N) is 2. The highest BCUT2D eigenvalue weighted by Gasteiger charge is 2.34. The molecular formula is C23H31FIN3O2. The number of guanidine groups is 1. The molecule has 1 fully saturated rings. The fourth-order valence-corrected chi connectivity index (χ4v) is 3.85. The van der Waals surface area contributed by atoms with Gasteiger partial charge in [0, 0.05) is 45.8 Å². The van der Waals surface area contributed by atoms with E-state index in [9.17, 15) is 4.39 Å². The van der Waals surface area contributed by atoms with Gasteiger partial charge in [-0.3, -0.25) is 4.99 Å². The molecule has 2 aromatic carbocycles. The van der Waals surface area contributed by atoms with Crippen molar-refractivity contribution in [1.82, 2.24) is 10.2 Å². The van der Waals surface area contributed by atoms with Crippen LogP contribution in [-0.2, 0) is 16.7 Å². The van der Waals surface area contributed by atoms with Gasteiger partial charge in [0.05, 0.1) is 7.11 Å². The third-order valence-corrected chi connectivity index (χ3v) is 5.64.